The van der Waals surface area contributed by atoms with Crippen LogP contribution in [0, 0.1) is 0 Å². The summed E-state index contributed by atoms with van der Waals surface area (Å²) >= 11 is 0. The number of unbranched alkanes of at least 4 members (excludes halogenated alkanes) is 41. The van der Waals surface area contributed by atoms with E-state index in [1.807, 2.05) is 0 Å². The van der Waals surface area contributed by atoms with Gasteiger partial charge in [0.25, 0.3) is 0 Å². The first kappa shape index (κ1) is 65.9. The van der Waals surface area contributed by atoms with Gasteiger partial charge in [-0.05, 0) is 51.4 Å². The second-order valence-corrected chi connectivity index (χ2v) is 20.6. The third-order valence-corrected chi connectivity index (χ3v) is 13.7. The molecule has 0 saturated carbocycles. The number of ether oxygens (including phenoxy) is 3. The van der Waals surface area contributed by atoms with Crippen molar-refractivity contribution >= 4 is 17.9 Å². The van der Waals surface area contributed by atoms with Crippen LogP contribution in [0.15, 0.2) is 24.3 Å². The summed E-state index contributed by atoms with van der Waals surface area (Å²) in [5.41, 5.74) is 0. The Hall–Kier alpha value is -2.11. The first-order valence-corrected chi connectivity index (χ1v) is 30.3. The molecule has 6 heteroatoms. The molecular weight excluding hydrogens is 841 g/mol. The molecule has 0 radical (unpaired) electrons. The summed E-state index contributed by atoms with van der Waals surface area (Å²) in [5.74, 6) is -0.859. The highest BCUT2D eigenvalue weighted by molar-refractivity contribution is 5.71. The number of esters is 3. The van der Waals surface area contributed by atoms with Gasteiger partial charge in [0.1, 0.15) is 13.2 Å². The molecule has 0 amide bonds. The first-order chi connectivity index (χ1) is 33.5. The van der Waals surface area contributed by atoms with Crippen LogP contribution in [0.25, 0.3) is 0 Å². The summed E-state index contributed by atoms with van der Waals surface area (Å²) in [6.45, 7) is 6.67. The summed E-state index contributed by atoms with van der Waals surface area (Å²) in [4.78, 5) is 38.2. The Morgan fingerprint density at radius 1 is 0.294 bits per heavy atom. The van der Waals surface area contributed by atoms with Crippen LogP contribution in [-0.4, -0.2) is 37.2 Å². The average molecular weight is 958 g/mol. The lowest BCUT2D eigenvalue weighted by Gasteiger charge is -2.18. The van der Waals surface area contributed by atoms with Gasteiger partial charge < -0.3 is 14.2 Å². The van der Waals surface area contributed by atoms with Crippen molar-refractivity contribution in [1.29, 1.82) is 0 Å². The van der Waals surface area contributed by atoms with E-state index in [0.29, 0.717) is 19.3 Å². The molecule has 1 atom stereocenters. The quantitative estimate of drug-likeness (QED) is 0.0262. The van der Waals surface area contributed by atoms with Crippen molar-refractivity contribution in [3.8, 4) is 0 Å². The van der Waals surface area contributed by atoms with Crippen molar-refractivity contribution in [2.45, 2.75) is 341 Å². The normalized spacial score (nSPS) is 12.1. The Labute approximate surface area is 423 Å². The lowest BCUT2D eigenvalue weighted by Crippen LogP contribution is -2.30. The topological polar surface area (TPSA) is 78.9 Å². The molecule has 0 aromatic carbocycles. The predicted octanol–water partition coefficient (Wildman–Crippen LogP) is 20.3. The fourth-order valence-corrected chi connectivity index (χ4v) is 9.12. The van der Waals surface area contributed by atoms with E-state index < -0.39 is 6.10 Å². The van der Waals surface area contributed by atoms with Gasteiger partial charge in [0.2, 0.25) is 0 Å². The standard InChI is InChI=1S/C62H116O6/c1-4-7-10-13-16-19-22-25-28-30-32-34-37-40-43-46-49-52-55-61(64)67-58-59(57-66-60(63)54-51-48-45-42-39-36-33-27-24-21-18-15-12-9-6-3)68-62(65)56-53-50-47-44-41-38-35-31-29-26-23-20-17-14-11-8-5-2/h18,21,27,33,59H,4-17,19-20,22-26,28-32,34-58H2,1-3H3/b21-18-,33-27-/t59-/m1/s1. The fraction of sp³-hybridized carbons (Fsp3) is 0.887. The van der Waals surface area contributed by atoms with Gasteiger partial charge in [-0.25, -0.2) is 0 Å². The summed E-state index contributed by atoms with van der Waals surface area (Å²) in [5, 5.41) is 0. The van der Waals surface area contributed by atoms with Crippen LogP contribution in [0.3, 0.4) is 0 Å². The Morgan fingerprint density at radius 3 is 0.838 bits per heavy atom. The van der Waals surface area contributed by atoms with Gasteiger partial charge in [-0.15, -0.1) is 0 Å². The second-order valence-electron chi connectivity index (χ2n) is 20.6. The van der Waals surface area contributed by atoms with Gasteiger partial charge in [0.05, 0.1) is 0 Å². The molecule has 0 aliphatic heterocycles. The number of carbonyl (C=O) groups excluding carboxylic acids is 3. The van der Waals surface area contributed by atoms with E-state index >= 15 is 0 Å². The molecule has 6 nitrogen and oxygen atoms in total. The van der Waals surface area contributed by atoms with Gasteiger partial charge in [0, 0.05) is 19.3 Å². The number of carbonyl (C=O) groups is 3. The molecule has 0 aromatic heterocycles. The second kappa shape index (κ2) is 57.5. The Morgan fingerprint density at radius 2 is 0.529 bits per heavy atom. The van der Waals surface area contributed by atoms with E-state index in [-0.39, 0.29) is 31.1 Å². The van der Waals surface area contributed by atoms with E-state index in [0.717, 1.165) is 77.0 Å². The molecule has 0 heterocycles. The average Bonchev–Trinajstić information content (AvgIpc) is 3.34. The maximum atomic E-state index is 12.9. The van der Waals surface area contributed by atoms with E-state index in [4.69, 9.17) is 14.2 Å². The van der Waals surface area contributed by atoms with Crippen molar-refractivity contribution in [2.24, 2.45) is 0 Å². The summed E-state index contributed by atoms with van der Waals surface area (Å²) in [6.07, 6.45) is 67.4. The highest BCUT2D eigenvalue weighted by Crippen LogP contribution is 2.17. The van der Waals surface area contributed by atoms with Crippen LogP contribution < -0.4 is 0 Å². The molecule has 0 spiro atoms. The van der Waals surface area contributed by atoms with Crippen molar-refractivity contribution in [2.75, 3.05) is 13.2 Å². The number of hydrogen-bond acceptors (Lipinski definition) is 6. The van der Waals surface area contributed by atoms with Crippen LogP contribution in [0.2, 0.25) is 0 Å². The predicted molar refractivity (Wildman–Crippen MR) is 293 cm³/mol. The number of rotatable bonds is 56. The molecule has 0 unspecified atom stereocenters. The molecule has 68 heavy (non-hydrogen) atoms. The molecule has 0 aliphatic carbocycles. The lowest BCUT2D eigenvalue weighted by atomic mass is 10.0. The molecule has 0 aliphatic rings. The number of hydrogen-bond donors (Lipinski definition) is 0. The van der Waals surface area contributed by atoms with Gasteiger partial charge in [-0.1, -0.05) is 289 Å². The maximum absolute atomic E-state index is 12.9. The van der Waals surface area contributed by atoms with Gasteiger partial charge >= 0.3 is 17.9 Å². The molecule has 0 saturated heterocycles. The minimum absolute atomic E-state index is 0.0698. The van der Waals surface area contributed by atoms with Gasteiger partial charge in [-0.3, -0.25) is 14.4 Å². The van der Waals surface area contributed by atoms with Crippen LogP contribution in [-0.2, 0) is 28.6 Å². The Kier molecular flexibility index (Phi) is 55.7. The van der Waals surface area contributed by atoms with E-state index in [1.165, 1.54) is 218 Å². The molecular formula is C62H116O6. The maximum Gasteiger partial charge on any atom is 0.306 e. The zero-order valence-electron chi connectivity index (χ0n) is 45.9. The fourth-order valence-electron chi connectivity index (χ4n) is 9.12. The highest BCUT2D eigenvalue weighted by atomic mass is 16.6. The smallest absolute Gasteiger partial charge is 0.306 e. The Balaban J connectivity index is 4.32. The van der Waals surface area contributed by atoms with Crippen molar-refractivity contribution in [3.63, 3.8) is 0 Å². The van der Waals surface area contributed by atoms with Crippen LogP contribution in [0.4, 0.5) is 0 Å². The van der Waals surface area contributed by atoms with Crippen LogP contribution in [0.1, 0.15) is 335 Å². The van der Waals surface area contributed by atoms with E-state index in [9.17, 15) is 14.4 Å². The third-order valence-electron chi connectivity index (χ3n) is 13.7. The minimum atomic E-state index is -0.772. The zero-order valence-corrected chi connectivity index (χ0v) is 45.9. The molecule has 0 aromatic rings. The zero-order chi connectivity index (χ0) is 49.3. The molecule has 0 N–H and O–H groups in total. The van der Waals surface area contributed by atoms with Crippen molar-refractivity contribution in [3.05, 3.63) is 24.3 Å². The summed E-state index contributed by atoms with van der Waals surface area (Å²) in [7, 11) is 0. The molecule has 0 fully saturated rings. The first-order valence-electron chi connectivity index (χ1n) is 30.3. The van der Waals surface area contributed by atoms with Gasteiger partial charge in [0.15, 0.2) is 6.10 Å². The van der Waals surface area contributed by atoms with Crippen molar-refractivity contribution in [1.82, 2.24) is 0 Å². The number of allylic oxidation sites excluding steroid dienone is 4. The third kappa shape index (κ3) is 54.8. The molecule has 0 bridgehead atoms. The highest BCUT2D eigenvalue weighted by Gasteiger charge is 2.19. The largest absolute Gasteiger partial charge is 0.462 e. The lowest BCUT2D eigenvalue weighted by molar-refractivity contribution is -0.167. The Bertz CT molecular complexity index is 1100. The molecule has 400 valence electrons. The SMILES string of the molecule is CCCCC/C=C\C/C=C\CCCCCCCC(=O)OC[C@H](COC(=O)CCCCCCCCCCCCCCCCCCCC)OC(=O)CCCCCCCCCCCCCCCCCCC. The van der Waals surface area contributed by atoms with Crippen molar-refractivity contribution < 1.29 is 28.6 Å². The summed E-state index contributed by atoms with van der Waals surface area (Å²) in [6, 6.07) is 0. The van der Waals surface area contributed by atoms with E-state index in [1.54, 1.807) is 0 Å². The monoisotopic (exact) mass is 957 g/mol. The van der Waals surface area contributed by atoms with Crippen LogP contribution >= 0.6 is 0 Å². The van der Waals surface area contributed by atoms with E-state index in [2.05, 4.69) is 45.1 Å². The summed E-state index contributed by atoms with van der Waals surface area (Å²) < 4.78 is 16.9. The van der Waals surface area contributed by atoms with Gasteiger partial charge in [-0.2, -0.15) is 0 Å². The minimum Gasteiger partial charge on any atom is -0.462 e. The molecule has 0 rings (SSSR count). The van der Waals surface area contributed by atoms with Crippen LogP contribution in [0.5, 0.6) is 0 Å².